The number of benzene rings is 7. The smallest absolute Gasteiger partial charge is 0.427 e. The first-order valence-electron chi connectivity index (χ1n) is 27.2. The Morgan fingerprint density at radius 1 is 0.571 bits per heavy atom. The highest BCUT2D eigenvalue weighted by Gasteiger charge is 2.39. The lowest BCUT2D eigenvalue weighted by molar-refractivity contribution is 0.419. The van der Waals surface area contributed by atoms with E-state index in [0.717, 1.165) is 16.7 Å². The van der Waals surface area contributed by atoms with Crippen LogP contribution in [0, 0.1) is 27.4 Å². The number of hydrogen-bond donors (Lipinski definition) is 0. The number of ether oxygens (including phenoxy) is 1. The van der Waals surface area contributed by atoms with Gasteiger partial charge in [-0.3, -0.25) is 0 Å². The van der Waals surface area contributed by atoms with Gasteiger partial charge in [-0.25, -0.2) is 0 Å². The Morgan fingerprint density at radius 3 is 1.91 bits per heavy atom. The van der Waals surface area contributed by atoms with Crippen molar-refractivity contribution in [2.45, 2.75) is 64.5 Å². The lowest BCUT2D eigenvalue weighted by Gasteiger charge is -2.35. The van der Waals surface area contributed by atoms with Gasteiger partial charge in [-0.1, -0.05) is 154 Å². The molecule has 2 aliphatic rings. The van der Waals surface area contributed by atoms with Crippen LogP contribution in [0.3, 0.4) is 0 Å². The van der Waals surface area contributed by atoms with Crippen LogP contribution in [0.25, 0.3) is 33.4 Å². The van der Waals surface area contributed by atoms with Crippen molar-refractivity contribution in [3.05, 3.63) is 173 Å². The molecule has 0 fully saturated rings. The lowest BCUT2D eigenvalue weighted by Crippen LogP contribution is -2.53. The summed E-state index contributed by atoms with van der Waals surface area (Å²) in [7, 11) is -2.71. The minimum absolute atomic E-state index is 0.179. The Kier molecular flexibility index (Phi) is 5.24. The number of hydrogen-bond acceptors (Lipinski definition) is 3. The summed E-state index contributed by atoms with van der Waals surface area (Å²) in [4.78, 5) is 0.551. The van der Waals surface area contributed by atoms with Gasteiger partial charge in [0.05, 0.1) is 5.75 Å². The minimum atomic E-state index is -3.30. The van der Waals surface area contributed by atoms with Gasteiger partial charge in [0, 0.05) is 51.7 Å². The standard InChI is InChI=1S/C51H47BO2SSi/c1-32-28-30-37(34(3)47(32)39-20-16-23-42-49(39)53-44-25-13-12-22-41(44)51(42,5)6)38-31-29-33(2)48(35(38)4)40-21-17-24-43-50(40)55-56(7,8)46-27-15-14-26-45(46)54-52(43)36-18-10-9-11-19-36/h9-31H,1-8H3/i1D3,2D3,3D3,4D3,5D3,6D3. The molecule has 0 saturated heterocycles. The predicted molar refractivity (Wildman–Crippen MR) is 242 cm³/mol. The molecule has 0 N–H and O–H groups in total. The van der Waals surface area contributed by atoms with Gasteiger partial charge in [0.15, 0.2) is 7.22 Å². The van der Waals surface area contributed by atoms with Crippen LogP contribution in [-0.2, 0) is 5.41 Å². The molecule has 0 spiro atoms. The highest BCUT2D eigenvalue weighted by Crippen LogP contribution is 2.52. The quantitative estimate of drug-likeness (QED) is 0.166. The third-order valence-corrected chi connectivity index (χ3v) is 16.4. The Balaban J connectivity index is 1.42. The molecule has 7 aromatic carbocycles. The molecule has 0 saturated carbocycles. The molecule has 56 heavy (non-hydrogen) atoms. The second-order valence-corrected chi connectivity index (χ2v) is 22.4. The monoisotopic (exact) mass is 780 g/mol. The van der Waals surface area contributed by atoms with Crippen LogP contribution < -0.4 is 25.5 Å². The summed E-state index contributed by atoms with van der Waals surface area (Å²) in [5.41, 5.74) is -5.38. The highest BCUT2D eigenvalue weighted by atomic mass is 32.4. The fourth-order valence-corrected chi connectivity index (χ4v) is 13.5. The highest BCUT2D eigenvalue weighted by molar-refractivity contribution is 8.30. The van der Waals surface area contributed by atoms with Gasteiger partial charge < -0.3 is 9.39 Å². The minimum Gasteiger partial charge on any atom is -0.551 e. The van der Waals surface area contributed by atoms with E-state index >= 15 is 0 Å². The van der Waals surface area contributed by atoms with Crippen LogP contribution in [0.5, 0.6) is 17.2 Å². The Bertz CT molecular complexity index is 3330. The van der Waals surface area contributed by atoms with E-state index < -0.39 is 88.7 Å². The number of para-hydroxylation sites is 3. The van der Waals surface area contributed by atoms with Crippen molar-refractivity contribution in [2.75, 3.05) is 0 Å². The van der Waals surface area contributed by atoms with Gasteiger partial charge >= 0.3 is 6.92 Å². The van der Waals surface area contributed by atoms with Gasteiger partial charge in [0.1, 0.15) is 11.5 Å². The maximum atomic E-state index is 9.33. The molecule has 276 valence electrons. The summed E-state index contributed by atoms with van der Waals surface area (Å²) in [5, 5.41) is 0.946. The van der Waals surface area contributed by atoms with Crippen LogP contribution in [0.2, 0.25) is 13.1 Å². The third-order valence-electron chi connectivity index (χ3n) is 10.7. The van der Waals surface area contributed by atoms with Crippen molar-refractivity contribution >= 4 is 41.5 Å². The molecule has 0 bridgehead atoms. The van der Waals surface area contributed by atoms with E-state index in [2.05, 4.69) is 13.1 Å². The van der Waals surface area contributed by atoms with E-state index in [1.54, 1.807) is 12.1 Å². The van der Waals surface area contributed by atoms with Crippen molar-refractivity contribution in [3.8, 4) is 50.6 Å². The molecule has 0 atom stereocenters. The molecular formula is C51H47BO2SSi. The molecule has 0 aliphatic carbocycles. The van der Waals surface area contributed by atoms with Gasteiger partial charge in [-0.05, 0) is 106 Å². The summed E-state index contributed by atoms with van der Waals surface area (Å²) < 4.78 is 175. The number of fused-ring (bicyclic) bond motifs is 4. The van der Waals surface area contributed by atoms with E-state index in [9.17, 15) is 8.22 Å². The van der Waals surface area contributed by atoms with Crippen molar-refractivity contribution in [1.29, 1.82) is 0 Å². The maximum absolute atomic E-state index is 9.33. The summed E-state index contributed by atoms with van der Waals surface area (Å²) in [5.74, 6) is 0.0614. The molecule has 9 rings (SSSR count). The Labute approximate surface area is 363 Å². The van der Waals surface area contributed by atoms with Gasteiger partial charge in [0.25, 0.3) is 0 Å². The van der Waals surface area contributed by atoms with Crippen molar-refractivity contribution < 1.29 is 34.1 Å². The molecule has 7 aromatic rings. The fourth-order valence-electron chi connectivity index (χ4n) is 7.99. The first-order valence-corrected chi connectivity index (χ1v) is 22.7. The van der Waals surface area contributed by atoms with Gasteiger partial charge in [0.2, 0.25) is 0 Å². The molecule has 2 nitrogen and oxygen atoms in total. The molecule has 0 amide bonds. The Hall–Kier alpha value is -5.23. The van der Waals surface area contributed by atoms with Crippen molar-refractivity contribution in [1.82, 2.24) is 0 Å². The van der Waals surface area contributed by atoms with Gasteiger partial charge in [-0.15, -0.1) is 11.2 Å². The molecule has 5 heteroatoms. The van der Waals surface area contributed by atoms with Crippen LogP contribution in [0.4, 0.5) is 0 Å². The fraction of sp³-hybridized carbons (Fsp3) is 0.176. The molecular weight excluding hydrogens is 716 g/mol. The predicted octanol–water partition coefficient (Wildman–Crippen LogP) is 12.1. The van der Waals surface area contributed by atoms with Crippen LogP contribution >= 0.6 is 11.2 Å². The molecule has 2 heterocycles. The summed E-state index contributed by atoms with van der Waals surface area (Å²) >= 11 is 1.52. The summed E-state index contributed by atoms with van der Waals surface area (Å²) in [6, 6.07) is 36.6. The molecule has 0 radical (unpaired) electrons. The zero-order chi connectivity index (χ0) is 53.9. The van der Waals surface area contributed by atoms with E-state index in [4.69, 9.17) is 25.8 Å². The number of aryl methyl sites for hydroxylation is 2. The second kappa shape index (κ2) is 13.8. The van der Waals surface area contributed by atoms with E-state index in [1.807, 2.05) is 60.7 Å². The van der Waals surface area contributed by atoms with Crippen LogP contribution in [0.1, 0.15) is 71.8 Å². The van der Waals surface area contributed by atoms with Crippen molar-refractivity contribution in [2.24, 2.45) is 0 Å². The van der Waals surface area contributed by atoms with Crippen LogP contribution in [0.15, 0.2) is 144 Å². The normalized spacial score (nSPS) is 21.0. The van der Waals surface area contributed by atoms with E-state index in [0.29, 0.717) is 16.1 Å². The molecule has 0 aromatic heterocycles. The summed E-state index contributed by atoms with van der Waals surface area (Å²) in [6.45, 7) is -15.7. The van der Waals surface area contributed by atoms with E-state index in [1.165, 1.54) is 71.9 Å². The first kappa shape index (κ1) is 21.3. The largest absolute Gasteiger partial charge is 0.551 e. The molecule has 0 unspecified atom stereocenters. The second-order valence-electron chi connectivity index (χ2n) is 14.6. The Morgan fingerprint density at radius 2 is 1.20 bits per heavy atom. The summed E-state index contributed by atoms with van der Waals surface area (Å²) in [6.07, 6.45) is 0. The SMILES string of the molecule is [2H]C([2H])([2H])c1ccc(-c2ccc(C([2H])([2H])[2H])c(-c3cccc4c3S[Si](C)(C)c3ccccc3OB4c3ccccc3)c2C([2H])([2H])[2H])c(C([2H])([2H])[2H])c1-c1cccc2c1Oc1ccccc1C2(C([2H])([2H])[2H])C([2H])([2H])[2H]. The van der Waals surface area contributed by atoms with Gasteiger partial charge in [-0.2, -0.15) is 0 Å². The maximum Gasteiger partial charge on any atom is 0.427 e. The zero-order valence-electron chi connectivity index (χ0n) is 48.6. The van der Waals surface area contributed by atoms with Crippen molar-refractivity contribution in [3.63, 3.8) is 0 Å². The zero-order valence-corrected chi connectivity index (χ0v) is 32.4. The van der Waals surface area contributed by atoms with Crippen LogP contribution in [-0.4, -0.2) is 14.1 Å². The molecule has 2 aliphatic heterocycles. The average molecular weight is 781 g/mol. The lowest BCUT2D eigenvalue weighted by atomic mass is 9.55. The topological polar surface area (TPSA) is 18.5 Å². The van der Waals surface area contributed by atoms with E-state index in [-0.39, 0.29) is 50.3 Å². The number of rotatable bonds is 4. The average Bonchev–Trinajstić information content (AvgIpc) is 3.29. The third kappa shape index (κ3) is 5.86. The first-order chi connectivity index (χ1) is 34.3.